The Balaban J connectivity index is 1.14. The zero-order chi connectivity index (χ0) is 33.1. The van der Waals surface area contributed by atoms with Crippen molar-refractivity contribution in [3.8, 4) is 5.75 Å². The predicted octanol–water partition coefficient (Wildman–Crippen LogP) is 7.29. The fourth-order valence-electron chi connectivity index (χ4n) is 6.89. The maximum absolute atomic E-state index is 12.0. The average molecular weight is 679 g/mol. The number of halogens is 2. The number of aryl methyl sites for hydroxylation is 1. The first-order valence-electron chi connectivity index (χ1n) is 16.2. The number of benzene rings is 2. The molecule has 9 nitrogen and oxygen atoms in total. The quantitative estimate of drug-likeness (QED) is 0.168. The van der Waals surface area contributed by atoms with Crippen LogP contribution in [0.5, 0.6) is 5.75 Å². The molecule has 0 saturated carbocycles. The fourth-order valence-corrected chi connectivity index (χ4v) is 7.36. The second-order valence-electron chi connectivity index (χ2n) is 12.5. The first-order chi connectivity index (χ1) is 22.7. The molecule has 1 unspecified atom stereocenters. The minimum Gasteiger partial charge on any atom is -0.487 e. The van der Waals surface area contributed by atoms with Crippen molar-refractivity contribution in [3.63, 3.8) is 0 Å². The van der Waals surface area contributed by atoms with Crippen LogP contribution in [0.2, 0.25) is 10.0 Å². The molecule has 11 heteroatoms. The Morgan fingerprint density at radius 3 is 2.66 bits per heavy atom. The normalized spacial score (nSPS) is 17.7. The van der Waals surface area contributed by atoms with Gasteiger partial charge in [-0.2, -0.15) is 0 Å². The molecule has 1 aliphatic carbocycles. The maximum Gasteiger partial charge on any atom is 0.331 e. The molecule has 6 rings (SSSR count). The van der Waals surface area contributed by atoms with Crippen LogP contribution in [0.3, 0.4) is 0 Å². The Labute approximate surface area is 285 Å². The summed E-state index contributed by atoms with van der Waals surface area (Å²) in [5.74, 6) is 0.979. The minimum atomic E-state index is -0.866. The van der Waals surface area contributed by atoms with Crippen LogP contribution in [0, 0.1) is 11.8 Å². The van der Waals surface area contributed by atoms with Crippen molar-refractivity contribution in [2.24, 2.45) is 11.8 Å². The summed E-state index contributed by atoms with van der Waals surface area (Å²) in [6.45, 7) is 8.38. The minimum absolute atomic E-state index is 0.0269. The van der Waals surface area contributed by atoms with Crippen molar-refractivity contribution < 1.29 is 19.4 Å². The lowest BCUT2D eigenvalue weighted by Crippen LogP contribution is -2.36. The zero-order valence-corrected chi connectivity index (χ0v) is 28.5. The fraction of sp³-hybridized carbons (Fsp3) is 0.417. The number of carbonyl (C=O) groups is 1. The summed E-state index contributed by atoms with van der Waals surface area (Å²) in [5, 5.41) is 10.9. The van der Waals surface area contributed by atoms with Crippen molar-refractivity contribution >= 4 is 35.2 Å². The lowest BCUT2D eigenvalue weighted by atomic mass is 9.87. The number of ether oxygens (including phenoxy) is 2. The molecule has 1 N–H and O–H groups in total. The number of nitrogens with zero attached hydrogens (tertiary/aromatic N) is 5. The van der Waals surface area contributed by atoms with Crippen LogP contribution in [0.1, 0.15) is 66.8 Å². The highest BCUT2D eigenvalue weighted by Gasteiger charge is 2.31. The molecular weight excluding hydrogens is 637 g/mol. The molecule has 1 aliphatic heterocycles. The maximum atomic E-state index is 12.0. The first-order valence-corrected chi connectivity index (χ1v) is 16.9. The van der Waals surface area contributed by atoms with Gasteiger partial charge in [-0.1, -0.05) is 48.3 Å². The monoisotopic (exact) mass is 677 g/mol. The van der Waals surface area contributed by atoms with Crippen LogP contribution in [0.15, 0.2) is 60.6 Å². The number of aromatic nitrogens is 4. The number of piperidine rings is 1. The molecule has 0 amide bonds. The van der Waals surface area contributed by atoms with E-state index in [-0.39, 0.29) is 12.0 Å². The van der Waals surface area contributed by atoms with Gasteiger partial charge in [0.15, 0.2) is 0 Å². The van der Waals surface area contributed by atoms with Gasteiger partial charge in [0.05, 0.1) is 47.6 Å². The van der Waals surface area contributed by atoms with Crippen molar-refractivity contribution in [3.05, 3.63) is 105 Å². The highest BCUT2D eigenvalue weighted by molar-refractivity contribution is 6.35. The average Bonchev–Trinajstić information content (AvgIpc) is 3.65. The summed E-state index contributed by atoms with van der Waals surface area (Å²) >= 11 is 12.3. The molecule has 3 heterocycles. The molecule has 248 valence electrons. The van der Waals surface area contributed by atoms with Gasteiger partial charge in [0, 0.05) is 30.4 Å². The second kappa shape index (κ2) is 14.6. The van der Waals surface area contributed by atoms with E-state index < -0.39 is 5.97 Å². The number of rotatable bonds is 12. The van der Waals surface area contributed by atoms with E-state index in [1.54, 1.807) is 25.3 Å². The van der Waals surface area contributed by atoms with Crippen molar-refractivity contribution in [1.82, 2.24) is 24.0 Å². The van der Waals surface area contributed by atoms with Crippen LogP contribution < -0.4 is 4.74 Å². The molecule has 2 atom stereocenters. The first kappa shape index (κ1) is 33.3. The van der Waals surface area contributed by atoms with Gasteiger partial charge >= 0.3 is 5.97 Å². The molecule has 2 aromatic carbocycles. The molecule has 1 fully saturated rings. The molecular formula is C36H41Cl2N5O4. The lowest BCUT2D eigenvalue weighted by molar-refractivity contribution is -0.133. The van der Waals surface area contributed by atoms with Crippen LogP contribution in [-0.4, -0.2) is 55.3 Å². The van der Waals surface area contributed by atoms with Gasteiger partial charge in [-0.15, -0.1) is 0 Å². The highest BCUT2D eigenvalue weighted by atomic mass is 35.5. The molecule has 2 aromatic heterocycles. The molecule has 0 spiro atoms. The number of imidazole rings is 2. The van der Waals surface area contributed by atoms with Gasteiger partial charge in [0.2, 0.25) is 0 Å². The Hall–Kier alpha value is -3.63. The third-order valence-electron chi connectivity index (χ3n) is 9.44. The van der Waals surface area contributed by atoms with Crippen molar-refractivity contribution in [2.75, 3.05) is 20.2 Å². The van der Waals surface area contributed by atoms with E-state index in [1.807, 2.05) is 31.6 Å². The van der Waals surface area contributed by atoms with Crippen LogP contribution >= 0.6 is 23.2 Å². The molecule has 47 heavy (non-hydrogen) atoms. The van der Waals surface area contributed by atoms with Gasteiger partial charge in [0.1, 0.15) is 18.2 Å². The van der Waals surface area contributed by atoms with Crippen molar-refractivity contribution in [1.29, 1.82) is 0 Å². The van der Waals surface area contributed by atoms with Gasteiger partial charge in [-0.05, 0) is 92.6 Å². The van der Waals surface area contributed by atoms with E-state index >= 15 is 0 Å². The number of fused-ring (bicyclic) bond motifs is 1. The number of methoxy groups -OCH3 is 1. The van der Waals surface area contributed by atoms with Crippen molar-refractivity contribution in [2.45, 2.75) is 65.5 Å². The number of carboxylic acid groups (broad SMARTS) is 1. The molecule has 4 aromatic rings. The summed E-state index contributed by atoms with van der Waals surface area (Å²) in [6.07, 6.45) is 8.13. The molecule has 2 aliphatic rings. The number of carboxylic acids is 1. The standard InChI is InChI=1S/C36H41Cl2N5O4/c1-4-42-22-39-18-28(42)19-43-32-17-29(36(44)45)23(2)14-31(32)40-34(43)20-41-12-10-25(11-13-41)35(46-3)26-7-5-6-24(15-26)21-47-33-9-8-27(37)16-30(33)38/h5-9,15-18,22-23,25,35H,4,10-14,19-21H2,1-3H3,(H,44,45)/t23?,35-/m1/s1. The summed E-state index contributed by atoms with van der Waals surface area (Å²) in [7, 11) is 1.79. The van der Waals surface area contributed by atoms with E-state index in [0.717, 1.165) is 66.5 Å². The molecule has 1 saturated heterocycles. The third-order valence-corrected chi connectivity index (χ3v) is 9.97. The predicted molar refractivity (Wildman–Crippen MR) is 183 cm³/mol. The number of aliphatic carboxylic acids is 1. The SMILES string of the molecule is CCn1cncc1Cn1c(CN2CCC([C@@H](OC)c3cccc(COc4ccc(Cl)cc4Cl)c3)CC2)nc2c1C=C(C(=O)O)C(C)C2. The largest absolute Gasteiger partial charge is 0.487 e. The third kappa shape index (κ3) is 7.44. The van der Waals surface area contributed by atoms with Crippen LogP contribution in [0.4, 0.5) is 0 Å². The molecule has 0 bridgehead atoms. The number of hydrogen-bond acceptors (Lipinski definition) is 6. The molecule has 0 radical (unpaired) electrons. The van der Waals surface area contributed by atoms with Crippen LogP contribution in [0.25, 0.3) is 6.08 Å². The lowest BCUT2D eigenvalue weighted by Gasteiger charge is -2.35. The van der Waals surface area contributed by atoms with Gasteiger partial charge < -0.3 is 23.7 Å². The van der Waals surface area contributed by atoms with E-state index in [9.17, 15) is 9.90 Å². The van der Waals surface area contributed by atoms with Gasteiger partial charge in [0.25, 0.3) is 0 Å². The summed E-state index contributed by atoms with van der Waals surface area (Å²) < 4.78 is 16.4. The summed E-state index contributed by atoms with van der Waals surface area (Å²) in [5.41, 5.74) is 5.56. The Morgan fingerprint density at radius 2 is 1.94 bits per heavy atom. The van der Waals surface area contributed by atoms with Gasteiger partial charge in [-0.3, -0.25) is 4.90 Å². The highest BCUT2D eigenvalue weighted by Crippen LogP contribution is 2.36. The van der Waals surface area contributed by atoms with E-state index in [4.69, 9.17) is 37.7 Å². The topological polar surface area (TPSA) is 94.6 Å². The van der Waals surface area contributed by atoms with Gasteiger partial charge in [-0.25, -0.2) is 14.8 Å². The van der Waals surface area contributed by atoms with E-state index in [2.05, 4.69) is 44.1 Å². The Morgan fingerprint density at radius 1 is 1.13 bits per heavy atom. The Kier molecular flexibility index (Phi) is 10.4. The van der Waals surface area contributed by atoms with Crippen LogP contribution in [-0.2, 0) is 42.2 Å². The summed E-state index contributed by atoms with van der Waals surface area (Å²) in [4.78, 5) is 23.9. The second-order valence-corrected chi connectivity index (χ2v) is 13.3. The number of hydrogen-bond donors (Lipinski definition) is 1. The Bertz CT molecular complexity index is 1760. The summed E-state index contributed by atoms with van der Waals surface area (Å²) in [6, 6.07) is 13.6. The van der Waals surface area contributed by atoms with E-state index in [1.165, 1.54) is 0 Å². The van der Waals surface area contributed by atoms with E-state index in [0.29, 0.717) is 53.4 Å². The zero-order valence-electron chi connectivity index (χ0n) is 27.0. The smallest absolute Gasteiger partial charge is 0.331 e. The number of likely N-dealkylation sites (tertiary alicyclic amines) is 1.